The Bertz CT molecular complexity index is 1770. The maximum atomic E-state index is 12.7. The molecule has 0 atom stereocenters. The number of H-pyrrole nitrogens is 1. The number of fused-ring (bicyclic) bond motifs is 2. The van der Waals surface area contributed by atoms with Crippen LogP contribution in [0.5, 0.6) is 0 Å². The molecule has 4 heterocycles. The molecule has 228 valence electrons. The van der Waals surface area contributed by atoms with Gasteiger partial charge in [0.2, 0.25) is 17.0 Å². The molecule has 6 rings (SSSR count). The molecule has 15 heteroatoms. The van der Waals surface area contributed by atoms with Crippen LogP contribution in [0.2, 0.25) is 10.6 Å². The zero-order valence-electron chi connectivity index (χ0n) is 25.1. The number of hydrogen-bond donors (Lipinski definition) is 1. The molecular formula is C29H25BrCl2F5N6Na. The summed E-state index contributed by atoms with van der Waals surface area (Å²) in [4.78, 5) is 19.2. The number of rotatable bonds is 5. The van der Waals surface area contributed by atoms with Crippen molar-refractivity contribution >= 4 is 60.9 Å². The van der Waals surface area contributed by atoms with Crippen molar-refractivity contribution in [1.82, 2.24) is 29.5 Å². The predicted octanol–water partition coefficient (Wildman–Crippen LogP) is 6.64. The van der Waals surface area contributed by atoms with E-state index in [4.69, 9.17) is 24.6 Å². The van der Waals surface area contributed by atoms with Gasteiger partial charge in [-0.1, -0.05) is 52.3 Å². The van der Waals surface area contributed by atoms with Gasteiger partial charge in [-0.25, -0.2) is 37.5 Å². The minimum Gasteiger partial charge on any atom is -1.00 e. The summed E-state index contributed by atoms with van der Waals surface area (Å²) in [6.07, 6.45) is 2.21. The molecule has 0 radical (unpaired) electrons. The number of nitrogens with one attached hydrogen (secondary N) is 1. The van der Waals surface area contributed by atoms with Gasteiger partial charge in [-0.15, -0.1) is 0 Å². The number of alkyl halides is 6. The van der Waals surface area contributed by atoms with Crippen LogP contribution in [0.25, 0.3) is 44.3 Å². The second-order valence-electron chi connectivity index (χ2n) is 8.32. The van der Waals surface area contributed by atoms with Gasteiger partial charge >= 0.3 is 29.6 Å². The fraction of sp³-hybridized carbons (Fsp3) is 0.172. The topological polar surface area (TPSA) is 72.3 Å². The van der Waals surface area contributed by atoms with E-state index >= 15 is 0 Å². The smallest absolute Gasteiger partial charge is 1.00 e. The first-order valence-electron chi connectivity index (χ1n) is 13.0. The first-order chi connectivity index (χ1) is 21.2. The fourth-order valence-corrected chi connectivity index (χ4v) is 4.30. The Morgan fingerprint density at radius 2 is 1.39 bits per heavy atom. The third-order valence-electron chi connectivity index (χ3n) is 5.63. The summed E-state index contributed by atoms with van der Waals surface area (Å²) < 4.78 is 63.8. The zero-order valence-corrected chi connectivity index (χ0v) is 28.2. The second kappa shape index (κ2) is 19.0. The van der Waals surface area contributed by atoms with Gasteiger partial charge in [0.25, 0.3) is 6.43 Å². The van der Waals surface area contributed by atoms with E-state index in [1.54, 1.807) is 24.7 Å². The normalized spacial score (nSPS) is 10.6. The van der Waals surface area contributed by atoms with Crippen LogP contribution in [0.15, 0.2) is 85.5 Å². The SMILES string of the molecule is Clc1nccc(-c2c[nH]c3ccccc23)n1.FC(F)CBr.FC(F)Cn1cc(-c2ccnc(Cl)n2)c2ccccc21.[2H]CF.[H-].[Na+]. The average Bonchev–Trinajstić information content (AvgIpc) is 3.60. The number of nitrogens with zero attached hydrogens (tertiary/aromatic N) is 5. The summed E-state index contributed by atoms with van der Waals surface area (Å²) in [7, 11) is -1.00. The summed E-state index contributed by atoms with van der Waals surface area (Å²) in [6, 6.07) is 19.0. The molecule has 0 saturated carbocycles. The van der Waals surface area contributed by atoms with E-state index in [1.165, 1.54) is 4.57 Å². The van der Waals surface area contributed by atoms with Crippen molar-refractivity contribution in [3.05, 3.63) is 96.0 Å². The molecule has 6 nitrogen and oxygen atoms in total. The van der Waals surface area contributed by atoms with Crippen LogP contribution in [0.3, 0.4) is 0 Å². The van der Waals surface area contributed by atoms with Crippen LogP contribution in [-0.2, 0) is 6.54 Å². The number of aromatic nitrogens is 6. The summed E-state index contributed by atoms with van der Waals surface area (Å²) in [5, 5.41) is 2.18. The Hall–Kier alpha value is -2.61. The summed E-state index contributed by atoms with van der Waals surface area (Å²) in [5.41, 5.74) is 5.10. The number of aromatic amines is 1. The molecule has 0 unspecified atom stereocenters. The molecule has 4 aromatic heterocycles. The van der Waals surface area contributed by atoms with Gasteiger partial charge in [0, 0.05) is 57.7 Å². The quantitative estimate of drug-likeness (QED) is 0.0936. The van der Waals surface area contributed by atoms with Gasteiger partial charge in [0.1, 0.15) is 0 Å². The predicted molar refractivity (Wildman–Crippen MR) is 166 cm³/mol. The van der Waals surface area contributed by atoms with Gasteiger partial charge in [-0.05, 0) is 47.5 Å². The van der Waals surface area contributed by atoms with Crippen molar-refractivity contribution in [3.8, 4) is 22.5 Å². The molecule has 44 heavy (non-hydrogen) atoms. The van der Waals surface area contributed by atoms with Crippen molar-refractivity contribution in [3.63, 3.8) is 0 Å². The Balaban J connectivity index is 0.000000366. The van der Waals surface area contributed by atoms with Crippen LogP contribution in [0, 0.1) is 0 Å². The van der Waals surface area contributed by atoms with Gasteiger partial charge in [0.05, 0.1) is 31.8 Å². The van der Waals surface area contributed by atoms with E-state index in [-0.39, 0.29) is 53.4 Å². The van der Waals surface area contributed by atoms with Crippen LogP contribution < -0.4 is 29.6 Å². The Morgan fingerprint density at radius 1 is 0.864 bits per heavy atom. The standard InChI is InChI=1S/C14H10ClF2N3.C12H8ClN3.C2H3BrF2.CH3F.Na.H/c15-14-18-6-5-11(19-14)10-7-20(8-13(16)17)12-4-2-1-3-9(10)12;13-12-14-6-5-11(16-12)9-7-15-10-4-2-1-3-8(9)10;3-1-2(4)5;1-2;;/h1-7,13H,8H2;1-7,15H;2H,1H2;1H3;;/q;;;;+1;-1/i;;;1D;;. The van der Waals surface area contributed by atoms with Gasteiger partial charge in [-0.2, -0.15) is 0 Å². The molecular weight excluding hydrogens is 701 g/mol. The zero-order chi connectivity index (χ0) is 32.1. The monoisotopic (exact) mass is 725 g/mol. The fourth-order valence-electron chi connectivity index (χ4n) is 4.00. The molecule has 6 aromatic rings. The number of para-hydroxylation sites is 2. The largest absolute Gasteiger partial charge is 1.00 e. The maximum absolute atomic E-state index is 12.7. The molecule has 0 bridgehead atoms. The number of halogens is 8. The van der Waals surface area contributed by atoms with Gasteiger partial charge in [0.15, 0.2) is 0 Å². The number of benzene rings is 2. The minimum atomic E-state index is -2.41. The van der Waals surface area contributed by atoms with Crippen molar-refractivity contribution in [2.75, 3.05) is 12.5 Å². The third kappa shape index (κ3) is 10.5. The van der Waals surface area contributed by atoms with E-state index < -0.39 is 20.0 Å². The molecule has 2 aromatic carbocycles. The Morgan fingerprint density at radius 3 is 1.93 bits per heavy atom. The van der Waals surface area contributed by atoms with Crippen LogP contribution in [-0.4, -0.2) is 54.8 Å². The molecule has 0 aliphatic rings. The molecule has 0 aliphatic heterocycles. The van der Waals surface area contributed by atoms with E-state index in [0.717, 1.165) is 38.6 Å². The van der Waals surface area contributed by atoms with Gasteiger partial charge in [-0.3, -0.25) is 4.39 Å². The van der Waals surface area contributed by atoms with Crippen molar-refractivity contribution < 1.29 is 54.3 Å². The first-order valence-corrected chi connectivity index (χ1v) is 14.2. The van der Waals surface area contributed by atoms with E-state index in [1.807, 2.05) is 54.7 Å². The minimum absolute atomic E-state index is 0. The molecule has 1 N–H and O–H groups in total. The van der Waals surface area contributed by atoms with E-state index in [2.05, 4.69) is 46.9 Å². The molecule has 0 fully saturated rings. The van der Waals surface area contributed by atoms with E-state index in [9.17, 15) is 22.0 Å². The molecule has 0 spiro atoms. The Kier molecular flexibility index (Phi) is 15.5. The van der Waals surface area contributed by atoms with Crippen molar-refractivity contribution in [1.29, 1.82) is 0 Å². The maximum Gasteiger partial charge on any atom is 1.00 e. The van der Waals surface area contributed by atoms with Crippen LogP contribution in [0.1, 0.15) is 2.80 Å². The molecule has 0 amide bonds. The van der Waals surface area contributed by atoms with Crippen molar-refractivity contribution in [2.24, 2.45) is 0 Å². The summed E-state index contributed by atoms with van der Waals surface area (Å²) in [5.74, 6) is 0. The summed E-state index contributed by atoms with van der Waals surface area (Å²) >= 11 is 14.1. The second-order valence-corrected chi connectivity index (χ2v) is 9.64. The number of hydrogen-bond acceptors (Lipinski definition) is 4. The molecule has 0 aliphatic carbocycles. The molecule has 0 saturated heterocycles. The third-order valence-corrected chi connectivity index (χ3v) is 6.49. The van der Waals surface area contributed by atoms with Crippen molar-refractivity contribution in [2.45, 2.75) is 19.4 Å². The average molecular weight is 727 g/mol. The first kappa shape index (κ1) is 35.9. The van der Waals surface area contributed by atoms with E-state index in [0.29, 0.717) is 5.69 Å². The summed E-state index contributed by atoms with van der Waals surface area (Å²) in [6.45, 7) is -0.348. The van der Waals surface area contributed by atoms with Crippen LogP contribution >= 0.6 is 39.1 Å². The van der Waals surface area contributed by atoms with Crippen LogP contribution in [0.4, 0.5) is 22.0 Å². The Labute approximate surface area is 293 Å². The van der Waals surface area contributed by atoms with Gasteiger partial charge < -0.3 is 11.0 Å².